The molecule has 0 saturated heterocycles. The Kier molecular flexibility index (Phi) is 6.01. The topological polar surface area (TPSA) is 98.1 Å². The van der Waals surface area contributed by atoms with Crippen LogP contribution in [0.25, 0.3) is 16.9 Å². The van der Waals surface area contributed by atoms with E-state index in [0.717, 1.165) is 29.7 Å². The van der Waals surface area contributed by atoms with Gasteiger partial charge in [-0.15, -0.1) is 0 Å². The summed E-state index contributed by atoms with van der Waals surface area (Å²) in [6, 6.07) is 9.77. The third-order valence-electron chi connectivity index (χ3n) is 6.06. The van der Waals surface area contributed by atoms with E-state index in [1.54, 1.807) is 47.8 Å². The van der Waals surface area contributed by atoms with E-state index in [0.29, 0.717) is 22.7 Å². The molecule has 0 unspecified atom stereocenters. The Bertz CT molecular complexity index is 1460. The van der Waals surface area contributed by atoms with Crippen LogP contribution in [0.5, 0.6) is 5.75 Å². The van der Waals surface area contributed by atoms with Crippen LogP contribution < -0.4 is 15.0 Å². The first kappa shape index (κ1) is 23.3. The van der Waals surface area contributed by atoms with Crippen LogP contribution in [0.1, 0.15) is 28.8 Å². The molecule has 184 valence electrons. The highest BCUT2D eigenvalue weighted by molar-refractivity contribution is 6.07. The number of aromatic nitrogens is 3. The van der Waals surface area contributed by atoms with Crippen molar-refractivity contribution in [1.29, 1.82) is 0 Å². The monoisotopic (exact) mass is 489 g/mol. The lowest BCUT2D eigenvalue weighted by molar-refractivity contribution is 0.0984. The number of nitrogens with zero attached hydrogens (tertiary/aromatic N) is 4. The van der Waals surface area contributed by atoms with Gasteiger partial charge in [0.05, 0.1) is 31.7 Å². The molecule has 10 heteroatoms. The molecule has 2 amide bonds. The van der Waals surface area contributed by atoms with Gasteiger partial charge in [0.15, 0.2) is 11.6 Å². The summed E-state index contributed by atoms with van der Waals surface area (Å²) in [5.41, 5.74) is 4.09. The Balaban J connectivity index is 1.52. The summed E-state index contributed by atoms with van der Waals surface area (Å²) >= 11 is 0. The van der Waals surface area contributed by atoms with Gasteiger partial charge in [-0.3, -0.25) is 14.5 Å². The smallest absolute Gasteiger partial charge is 0.412 e. The van der Waals surface area contributed by atoms with Gasteiger partial charge in [-0.25, -0.2) is 19.2 Å². The summed E-state index contributed by atoms with van der Waals surface area (Å²) in [5.74, 6) is -0.230. The molecular formula is C26H24FN5O4. The van der Waals surface area contributed by atoms with E-state index in [1.807, 2.05) is 17.4 Å². The number of fused-ring (bicyclic) bond motifs is 1. The van der Waals surface area contributed by atoms with E-state index < -0.39 is 11.9 Å². The van der Waals surface area contributed by atoms with Gasteiger partial charge in [0, 0.05) is 35.8 Å². The highest BCUT2D eigenvalue weighted by Gasteiger charge is 2.35. The van der Waals surface area contributed by atoms with Crippen molar-refractivity contribution < 1.29 is 23.5 Å². The summed E-state index contributed by atoms with van der Waals surface area (Å²) < 4.78 is 25.6. The minimum Gasteiger partial charge on any atom is -0.494 e. The van der Waals surface area contributed by atoms with E-state index in [-0.39, 0.29) is 17.7 Å². The molecule has 0 atom stereocenters. The summed E-state index contributed by atoms with van der Waals surface area (Å²) in [7, 11) is 2.68. The van der Waals surface area contributed by atoms with E-state index >= 15 is 0 Å². The lowest BCUT2D eigenvalue weighted by Crippen LogP contribution is -2.33. The lowest BCUT2D eigenvalue weighted by Gasteiger charge is -2.23. The van der Waals surface area contributed by atoms with Gasteiger partial charge in [-0.1, -0.05) is 0 Å². The van der Waals surface area contributed by atoms with E-state index in [9.17, 15) is 14.0 Å². The molecular weight excluding hydrogens is 465 g/mol. The zero-order valence-corrected chi connectivity index (χ0v) is 20.0. The van der Waals surface area contributed by atoms with Crippen LogP contribution in [0.4, 0.5) is 20.7 Å². The quantitative estimate of drug-likeness (QED) is 0.416. The number of carbonyl (C=O) groups is 2. The van der Waals surface area contributed by atoms with Gasteiger partial charge < -0.3 is 14.4 Å². The molecule has 4 aromatic rings. The lowest BCUT2D eigenvalue weighted by atomic mass is 10.1. The third-order valence-corrected chi connectivity index (χ3v) is 6.06. The van der Waals surface area contributed by atoms with Crippen LogP contribution in [0.3, 0.4) is 0 Å². The van der Waals surface area contributed by atoms with Crippen molar-refractivity contribution in [3.8, 4) is 17.0 Å². The van der Waals surface area contributed by atoms with Crippen molar-refractivity contribution in [2.75, 3.05) is 24.4 Å². The number of imidazole rings is 1. The average Bonchev–Trinajstić information content (AvgIpc) is 3.62. The Labute approximate surface area is 206 Å². The van der Waals surface area contributed by atoms with E-state index in [4.69, 9.17) is 4.74 Å². The zero-order chi connectivity index (χ0) is 25.4. The zero-order valence-electron chi connectivity index (χ0n) is 20.0. The molecule has 3 heterocycles. The number of halogens is 1. The number of benzene rings is 1. The molecule has 36 heavy (non-hydrogen) atoms. The van der Waals surface area contributed by atoms with Crippen molar-refractivity contribution in [2.45, 2.75) is 25.8 Å². The molecule has 0 bridgehead atoms. The highest BCUT2D eigenvalue weighted by Crippen LogP contribution is 2.36. The molecule has 0 spiro atoms. The molecule has 5 rings (SSSR count). The third kappa shape index (κ3) is 4.33. The van der Waals surface area contributed by atoms with Crippen molar-refractivity contribution >= 4 is 29.2 Å². The van der Waals surface area contributed by atoms with Gasteiger partial charge in [-0.05, 0) is 55.7 Å². The van der Waals surface area contributed by atoms with Gasteiger partial charge >= 0.3 is 6.09 Å². The first-order valence-corrected chi connectivity index (χ1v) is 11.4. The van der Waals surface area contributed by atoms with E-state index in [1.165, 1.54) is 20.3 Å². The second kappa shape index (κ2) is 9.29. The Morgan fingerprint density at radius 1 is 1.11 bits per heavy atom. The van der Waals surface area contributed by atoms with Gasteiger partial charge in [0.1, 0.15) is 11.5 Å². The number of anilines is 2. The molecule has 1 N–H and O–H groups in total. The summed E-state index contributed by atoms with van der Waals surface area (Å²) in [6.45, 7) is 1.90. The number of amides is 2. The normalized spacial score (nSPS) is 12.9. The van der Waals surface area contributed by atoms with Gasteiger partial charge in [-0.2, -0.15) is 0 Å². The number of carbonyl (C=O) groups excluding carboxylic acids is 2. The first-order chi connectivity index (χ1) is 17.4. The number of methoxy groups -OCH3 is 2. The van der Waals surface area contributed by atoms with Crippen molar-refractivity contribution in [1.82, 2.24) is 14.4 Å². The van der Waals surface area contributed by atoms with Crippen molar-refractivity contribution in [2.24, 2.45) is 0 Å². The average molecular weight is 490 g/mol. The van der Waals surface area contributed by atoms with Crippen LogP contribution in [0, 0.1) is 12.7 Å². The number of pyridine rings is 2. The SMILES string of the molecule is COC(=O)Nc1ccc(-c2cnc3c(C)cc(C(=O)N(c4ccc(F)c(OC)c4)C4CC4)cn23)cn1. The van der Waals surface area contributed by atoms with Crippen LogP contribution in [-0.2, 0) is 4.74 Å². The molecule has 1 saturated carbocycles. The van der Waals surface area contributed by atoms with Crippen LogP contribution in [-0.4, -0.2) is 46.6 Å². The fraction of sp³-hybridized carbons (Fsp3) is 0.231. The van der Waals surface area contributed by atoms with Crippen LogP contribution >= 0.6 is 0 Å². The second-order valence-electron chi connectivity index (χ2n) is 8.52. The first-order valence-electron chi connectivity index (χ1n) is 11.4. The van der Waals surface area contributed by atoms with Gasteiger partial charge in [0.2, 0.25) is 0 Å². The maximum absolute atomic E-state index is 14.0. The Hall–Kier alpha value is -4.47. The van der Waals surface area contributed by atoms with E-state index in [2.05, 4.69) is 20.0 Å². The number of hydrogen-bond donors (Lipinski definition) is 1. The standard InChI is InChI=1S/C26H24FN5O4/c1-15-10-17(25(33)32(18-5-6-18)19-7-8-20(27)22(11-19)35-2)14-31-21(13-29-24(15)31)16-4-9-23(28-12-16)30-26(34)36-3/h4,7-14,18H,5-6H2,1-3H3,(H,28,30,34). The number of nitrogens with one attached hydrogen (secondary N) is 1. The molecule has 1 aliphatic carbocycles. The van der Waals surface area contributed by atoms with Crippen molar-refractivity contribution in [3.05, 3.63) is 71.9 Å². The largest absolute Gasteiger partial charge is 0.494 e. The fourth-order valence-electron chi connectivity index (χ4n) is 4.13. The predicted molar refractivity (Wildman–Crippen MR) is 132 cm³/mol. The number of hydrogen-bond acceptors (Lipinski definition) is 6. The summed E-state index contributed by atoms with van der Waals surface area (Å²) in [4.78, 5) is 35.7. The number of ether oxygens (including phenoxy) is 2. The minimum atomic E-state index is -0.608. The maximum Gasteiger partial charge on any atom is 0.412 e. The summed E-state index contributed by atoms with van der Waals surface area (Å²) in [6.07, 6.45) is 6.22. The van der Waals surface area contributed by atoms with Gasteiger partial charge in [0.25, 0.3) is 5.91 Å². The molecule has 1 fully saturated rings. The Morgan fingerprint density at radius 2 is 1.92 bits per heavy atom. The van der Waals surface area contributed by atoms with Crippen molar-refractivity contribution in [3.63, 3.8) is 0 Å². The molecule has 0 radical (unpaired) electrons. The number of aryl methyl sites for hydroxylation is 1. The summed E-state index contributed by atoms with van der Waals surface area (Å²) in [5, 5.41) is 2.51. The molecule has 9 nitrogen and oxygen atoms in total. The molecule has 0 aliphatic heterocycles. The Morgan fingerprint density at radius 3 is 2.58 bits per heavy atom. The molecule has 1 aromatic carbocycles. The predicted octanol–water partition coefficient (Wildman–Crippen LogP) is 4.84. The number of rotatable bonds is 6. The highest BCUT2D eigenvalue weighted by atomic mass is 19.1. The maximum atomic E-state index is 14.0. The molecule has 3 aromatic heterocycles. The minimum absolute atomic E-state index is 0.0463. The second-order valence-corrected chi connectivity index (χ2v) is 8.52. The van der Waals surface area contributed by atoms with Crippen LogP contribution in [0.15, 0.2) is 55.0 Å². The molecule has 1 aliphatic rings. The fourth-order valence-corrected chi connectivity index (χ4v) is 4.13. The van der Waals surface area contributed by atoms with Crippen LogP contribution in [0.2, 0.25) is 0 Å².